The van der Waals surface area contributed by atoms with Gasteiger partial charge in [-0.3, -0.25) is 19.3 Å². The number of fused-ring (bicyclic) bond motifs is 1. The summed E-state index contributed by atoms with van der Waals surface area (Å²) < 4.78 is 27.5. The number of nitrogens with zero attached hydrogens (tertiary/aromatic N) is 3. The average Bonchev–Trinajstić information content (AvgIpc) is 3.13. The Balaban J connectivity index is 1.27. The summed E-state index contributed by atoms with van der Waals surface area (Å²) in [6, 6.07) is 13.8. The van der Waals surface area contributed by atoms with Gasteiger partial charge in [0.1, 0.15) is 0 Å². The molecule has 0 bridgehead atoms. The van der Waals surface area contributed by atoms with Crippen molar-refractivity contribution in [2.24, 2.45) is 0 Å². The van der Waals surface area contributed by atoms with Crippen molar-refractivity contribution in [2.75, 3.05) is 32.7 Å². The standard InChI is InChI=1S/C26H31N3O5S/c1-3-19(2)20-10-12-21(13-11-20)35(33,34)28-17-15-27(16-18-28)24(30)9-6-14-29-25(31)22-7-4-5-8-23(22)26(29)32/h4-5,7-8,10-13,19H,3,6,9,14-18H2,1-2H3/t19-/m0/s1. The lowest BCUT2D eigenvalue weighted by Gasteiger charge is -2.34. The number of hydrogen-bond donors (Lipinski definition) is 0. The molecule has 0 N–H and O–H groups in total. The van der Waals surface area contributed by atoms with Crippen LogP contribution in [0.3, 0.4) is 0 Å². The number of sulfonamides is 1. The van der Waals surface area contributed by atoms with E-state index in [0.717, 1.165) is 12.0 Å². The largest absolute Gasteiger partial charge is 0.340 e. The first-order valence-electron chi connectivity index (χ1n) is 12.1. The Bertz CT molecular complexity index is 1180. The fourth-order valence-electron chi connectivity index (χ4n) is 4.52. The monoisotopic (exact) mass is 497 g/mol. The zero-order valence-corrected chi connectivity index (χ0v) is 21.0. The van der Waals surface area contributed by atoms with E-state index in [1.54, 1.807) is 41.3 Å². The molecule has 3 amide bonds. The minimum absolute atomic E-state index is 0.100. The molecular weight excluding hydrogens is 466 g/mol. The van der Waals surface area contributed by atoms with E-state index in [2.05, 4.69) is 13.8 Å². The van der Waals surface area contributed by atoms with Crippen molar-refractivity contribution in [3.05, 3.63) is 65.2 Å². The molecule has 2 aliphatic rings. The predicted molar refractivity (Wildman–Crippen MR) is 132 cm³/mol. The Kier molecular flexibility index (Phi) is 7.37. The molecule has 0 spiro atoms. The zero-order chi connectivity index (χ0) is 25.2. The van der Waals surface area contributed by atoms with Gasteiger partial charge in [-0.25, -0.2) is 8.42 Å². The Labute approximate surface area is 206 Å². The normalized spacial score (nSPS) is 17.5. The van der Waals surface area contributed by atoms with Crippen LogP contribution in [0.2, 0.25) is 0 Å². The highest BCUT2D eigenvalue weighted by Crippen LogP contribution is 2.24. The summed E-state index contributed by atoms with van der Waals surface area (Å²) in [6.07, 6.45) is 1.54. The number of benzene rings is 2. The molecule has 1 atom stereocenters. The maximum absolute atomic E-state index is 13.0. The molecule has 1 saturated heterocycles. The van der Waals surface area contributed by atoms with Gasteiger partial charge < -0.3 is 4.90 Å². The van der Waals surface area contributed by atoms with Crippen LogP contribution in [-0.4, -0.2) is 73.0 Å². The van der Waals surface area contributed by atoms with Gasteiger partial charge in [-0.1, -0.05) is 38.1 Å². The molecule has 2 aromatic rings. The molecule has 2 heterocycles. The highest BCUT2D eigenvalue weighted by Gasteiger charge is 2.35. The number of piperazine rings is 1. The summed E-state index contributed by atoms with van der Waals surface area (Å²) in [5, 5.41) is 0. The molecule has 2 aromatic carbocycles. The van der Waals surface area contributed by atoms with Crippen molar-refractivity contribution in [3.63, 3.8) is 0 Å². The van der Waals surface area contributed by atoms with Gasteiger partial charge in [-0.15, -0.1) is 0 Å². The van der Waals surface area contributed by atoms with Gasteiger partial charge in [0.25, 0.3) is 11.8 Å². The van der Waals surface area contributed by atoms with E-state index < -0.39 is 10.0 Å². The molecule has 0 saturated carbocycles. The molecule has 35 heavy (non-hydrogen) atoms. The lowest BCUT2D eigenvalue weighted by Crippen LogP contribution is -2.50. The van der Waals surface area contributed by atoms with Gasteiger partial charge in [0, 0.05) is 39.1 Å². The summed E-state index contributed by atoms with van der Waals surface area (Å²) in [5.41, 5.74) is 1.91. The third-order valence-corrected chi connectivity index (χ3v) is 8.85. The Morgan fingerprint density at radius 2 is 1.49 bits per heavy atom. The molecule has 186 valence electrons. The number of carbonyl (C=O) groups is 3. The topological polar surface area (TPSA) is 95.1 Å². The minimum atomic E-state index is -3.61. The number of hydrogen-bond acceptors (Lipinski definition) is 5. The van der Waals surface area contributed by atoms with Crippen LogP contribution >= 0.6 is 0 Å². The predicted octanol–water partition coefficient (Wildman–Crippen LogP) is 3.11. The van der Waals surface area contributed by atoms with Crippen LogP contribution < -0.4 is 0 Å². The van der Waals surface area contributed by atoms with Crippen LogP contribution in [0.25, 0.3) is 0 Å². The minimum Gasteiger partial charge on any atom is -0.340 e. The molecule has 0 radical (unpaired) electrons. The summed E-state index contributed by atoms with van der Waals surface area (Å²) in [7, 11) is -3.61. The van der Waals surface area contributed by atoms with Crippen molar-refractivity contribution >= 4 is 27.7 Å². The first-order valence-corrected chi connectivity index (χ1v) is 13.5. The Morgan fingerprint density at radius 3 is 2.03 bits per heavy atom. The smallest absolute Gasteiger partial charge is 0.261 e. The number of imide groups is 1. The van der Waals surface area contributed by atoms with Gasteiger partial charge in [0.15, 0.2) is 0 Å². The fraction of sp³-hybridized carbons (Fsp3) is 0.423. The van der Waals surface area contributed by atoms with E-state index in [1.165, 1.54) is 9.21 Å². The first kappa shape index (κ1) is 25.1. The van der Waals surface area contributed by atoms with Gasteiger partial charge in [0.05, 0.1) is 16.0 Å². The zero-order valence-electron chi connectivity index (χ0n) is 20.1. The highest BCUT2D eigenvalue weighted by atomic mass is 32.2. The van der Waals surface area contributed by atoms with E-state index in [0.29, 0.717) is 36.6 Å². The third kappa shape index (κ3) is 5.01. The number of amides is 3. The molecule has 2 aliphatic heterocycles. The second-order valence-electron chi connectivity index (χ2n) is 9.07. The molecule has 0 unspecified atom stereocenters. The maximum Gasteiger partial charge on any atom is 0.261 e. The van der Waals surface area contributed by atoms with E-state index in [1.807, 2.05) is 12.1 Å². The summed E-state index contributed by atoms with van der Waals surface area (Å²) in [6.45, 7) is 5.49. The summed E-state index contributed by atoms with van der Waals surface area (Å²) in [5.74, 6) is -0.377. The van der Waals surface area contributed by atoms with Crippen LogP contribution in [-0.2, 0) is 14.8 Å². The molecule has 8 nitrogen and oxygen atoms in total. The second kappa shape index (κ2) is 10.3. The molecule has 4 rings (SSSR count). The first-order chi connectivity index (χ1) is 16.7. The van der Waals surface area contributed by atoms with Crippen LogP contribution in [0.1, 0.15) is 65.3 Å². The van der Waals surface area contributed by atoms with Gasteiger partial charge in [-0.2, -0.15) is 4.31 Å². The van der Waals surface area contributed by atoms with E-state index in [4.69, 9.17) is 0 Å². The Hall–Kier alpha value is -3.04. The van der Waals surface area contributed by atoms with Crippen molar-refractivity contribution < 1.29 is 22.8 Å². The quantitative estimate of drug-likeness (QED) is 0.523. The van der Waals surface area contributed by atoms with Crippen LogP contribution in [0.5, 0.6) is 0 Å². The number of rotatable bonds is 8. The van der Waals surface area contributed by atoms with Crippen LogP contribution in [0, 0.1) is 0 Å². The lowest BCUT2D eigenvalue weighted by atomic mass is 9.99. The maximum atomic E-state index is 13.0. The van der Waals surface area contributed by atoms with Crippen molar-refractivity contribution in [3.8, 4) is 0 Å². The van der Waals surface area contributed by atoms with E-state index in [9.17, 15) is 22.8 Å². The Morgan fingerprint density at radius 1 is 0.914 bits per heavy atom. The highest BCUT2D eigenvalue weighted by molar-refractivity contribution is 7.89. The molecule has 1 fully saturated rings. The van der Waals surface area contributed by atoms with Gasteiger partial charge in [-0.05, 0) is 48.6 Å². The second-order valence-corrected chi connectivity index (χ2v) is 11.0. The number of carbonyl (C=O) groups excluding carboxylic acids is 3. The van der Waals surface area contributed by atoms with Gasteiger partial charge in [0.2, 0.25) is 15.9 Å². The lowest BCUT2D eigenvalue weighted by molar-refractivity contribution is -0.132. The van der Waals surface area contributed by atoms with Gasteiger partial charge >= 0.3 is 0 Å². The fourth-order valence-corrected chi connectivity index (χ4v) is 5.94. The molecular formula is C26H31N3O5S. The molecule has 0 aliphatic carbocycles. The van der Waals surface area contributed by atoms with Crippen molar-refractivity contribution in [1.29, 1.82) is 0 Å². The summed E-state index contributed by atoms with van der Waals surface area (Å²) in [4.78, 5) is 40.7. The molecule has 9 heteroatoms. The van der Waals surface area contributed by atoms with Crippen molar-refractivity contribution in [2.45, 2.75) is 43.9 Å². The van der Waals surface area contributed by atoms with Crippen molar-refractivity contribution in [1.82, 2.24) is 14.1 Å². The van der Waals surface area contributed by atoms with Crippen LogP contribution in [0.15, 0.2) is 53.4 Å². The molecule has 0 aromatic heterocycles. The SMILES string of the molecule is CC[C@H](C)c1ccc(S(=O)(=O)N2CCN(C(=O)CCCN3C(=O)c4ccccc4C3=O)CC2)cc1. The summed E-state index contributed by atoms with van der Waals surface area (Å²) >= 11 is 0. The average molecular weight is 498 g/mol. The van der Waals surface area contributed by atoms with E-state index in [-0.39, 0.29) is 48.7 Å². The third-order valence-electron chi connectivity index (χ3n) is 6.94. The van der Waals surface area contributed by atoms with E-state index >= 15 is 0 Å². The van der Waals surface area contributed by atoms with Crippen LogP contribution in [0.4, 0.5) is 0 Å².